The number of esters is 1. The van der Waals surface area contributed by atoms with E-state index in [4.69, 9.17) is 17.0 Å². The molecule has 0 aliphatic carbocycles. The lowest BCUT2D eigenvalue weighted by Crippen LogP contribution is -2.53. The van der Waals surface area contributed by atoms with Gasteiger partial charge < -0.3 is 15.0 Å². The summed E-state index contributed by atoms with van der Waals surface area (Å²) in [6.07, 6.45) is 2.57. The minimum absolute atomic E-state index is 0.161. The van der Waals surface area contributed by atoms with Crippen LogP contribution in [0.25, 0.3) is 0 Å². The van der Waals surface area contributed by atoms with Crippen LogP contribution in [-0.4, -0.2) is 59.6 Å². The summed E-state index contributed by atoms with van der Waals surface area (Å²) in [5.41, 5.74) is 3.76. The normalized spacial score (nSPS) is 13.7. The number of ether oxygens (including phenoxy) is 1. The van der Waals surface area contributed by atoms with Crippen molar-refractivity contribution in [2.75, 3.05) is 32.8 Å². The lowest BCUT2D eigenvalue weighted by Gasteiger charge is -2.40. The molecule has 1 aliphatic heterocycles. The molecular weight excluding hydrogens is 506 g/mol. The molecule has 0 spiro atoms. The molecule has 0 aromatic heterocycles. The standard InChI is InChI=1S/C32H37N3O3S/c36-29(19-10-20-30(37)38-25-11-14-26-12-4-1-5-13-26)33-32(39)35-23-21-34(22-24-35)31(27-15-6-2-7-16-27)28-17-8-3-9-18-28/h1-9,12-13,15-18,31H,10-11,14,19-25H2,(H,33,36,39). The number of nitrogens with one attached hydrogen (secondary N) is 1. The van der Waals surface area contributed by atoms with Gasteiger partial charge in [0, 0.05) is 39.0 Å². The molecule has 1 heterocycles. The molecule has 1 aliphatic rings. The predicted molar refractivity (Wildman–Crippen MR) is 158 cm³/mol. The van der Waals surface area contributed by atoms with Gasteiger partial charge in [-0.1, -0.05) is 91.0 Å². The second kappa shape index (κ2) is 15.1. The third-order valence-corrected chi connectivity index (χ3v) is 7.30. The Labute approximate surface area is 237 Å². The lowest BCUT2D eigenvalue weighted by atomic mass is 9.96. The molecule has 0 saturated carbocycles. The van der Waals surface area contributed by atoms with Crippen molar-refractivity contribution in [1.29, 1.82) is 0 Å². The Morgan fingerprint density at radius 2 is 1.33 bits per heavy atom. The summed E-state index contributed by atoms with van der Waals surface area (Å²) in [6.45, 7) is 3.54. The van der Waals surface area contributed by atoms with Crippen LogP contribution in [0, 0.1) is 0 Å². The summed E-state index contributed by atoms with van der Waals surface area (Å²) in [4.78, 5) is 29.0. The quantitative estimate of drug-likeness (QED) is 0.205. The monoisotopic (exact) mass is 543 g/mol. The van der Waals surface area contributed by atoms with Crippen LogP contribution in [0.4, 0.5) is 0 Å². The largest absolute Gasteiger partial charge is 0.466 e. The average Bonchev–Trinajstić information content (AvgIpc) is 2.97. The zero-order valence-corrected chi connectivity index (χ0v) is 23.2. The average molecular weight is 544 g/mol. The maximum absolute atomic E-state index is 12.4. The molecule has 0 unspecified atom stereocenters. The molecule has 204 valence electrons. The number of hydrogen-bond donors (Lipinski definition) is 1. The minimum atomic E-state index is -0.263. The van der Waals surface area contributed by atoms with E-state index in [9.17, 15) is 9.59 Å². The summed E-state index contributed by atoms with van der Waals surface area (Å²) in [7, 11) is 0. The van der Waals surface area contributed by atoms with Crippen molar-refractivity contribution in [1.82, 2.24) is 15.1 Å². The van der Waals surface area contributed by atoms with Crippen LogP contribution in [0.1, 0.15) is 48.4 Å². The molecule has 1 amide bonds. The van der Waals surface area contributed by atoms with Gasteiger partial charge in [0.15, 0.2) is 5.11 Å². The molecule has 7 heteroatoms. The second-order valence-electron chi connectivity index (χ2n) is 9.76. The summed E-state index contributed by atoms with van der Waals surface area (Å²) in [6, 6.07) is 31.4. The van der Waals surface area contributed by atoms with Gasteiger partial charge in [0.25, 0.3) is 0 Å². The van der Waals surface area contributed by atoms with Crippen molar-refractivity contribution in [3.63, 3.8) is 0 Å². The van der Waals surface area contributed by atoms with Crippen LogP contribution in [0.2, 0.25) is 0 Å². The van der Waals surface area contributed by atoms with Crippen LogP contribution in [0.5, 0.6) is 0 Å². The molecule has 3 aromatic carbocycles. The van der Waals surface area contributed by atoms with Crippen molar-refractivity contribution >= 4 is 29.2 Å². The van der Waals surface area contributed by atoms with Crippen LogP contribution < -0.4 is 5.32 Å². The summed E-state index contributed by atoms with van der Waals surface area (Å²) in [5.74, 6) is -0.424. The molecule has 3 aromatic rings. The van der Waals surface area contributed by atoms with Crippen LogP contribution in [0.3, 0.4) is 0 Å². The Hall–Kier alpha value is -3.55. The van der Waals surface area contributed by atoms with E-state index in [0.29, 0.717) is 18.1 Å². The summed E-state index contributed by atoms with van der Waals surface area (Å²) >= 11 is 5.54. The van der Waals surface area contributed by atoms with E-state index in [1.165, 1.54) is 16.7 Å². The van der Waals surface area contributed by atoms with E-state index in [0.717, 1.165) is 39.0 Å². The fourth-order valence-corrected chi connectivity index (χ4v) is 5.20. The van der Waals surface area contributed by atoms with Gasteiger partial charge in [0.05, 0.1) is 12.6 Å². The molecule has 4 rings (SSSR count). The van der Waals surface area contributed by atoms with Crippen LogP contribution >= 0.6 is 12.2 Å². The first-order valence-corrected chi connectivity index (χ1v) is 14.1. The fourth-order valence-electron chi connectivity index (χ4n) is 4.90. The zero-order chi connectivity index (χ0) is 27.3. The van der Waals surface area contributed by atoms with Crippen LogP contribution in [-0.2, 0) is 20.7 Å². The van der Waals surface area contributed by atoms with E-state index < -0.39 is 0 Å². The Bertz CT molecular complexity index is 1140. The number of carbonyl (C=O) groups excluding carboxylic acids is 2. The Morgan fingerprint density at radius 1 is 0.769 bits per heavy atom. The van der Waals surface area contributed by atoms with E-state index >= 15 is 0 Å². The highest BCUT2D eigenvalue weighted by molar-refractivity contribution is 7.80. The van der Waals surface area contributed by atoms with Gasteiger partial charge in [0.1, 0.15) is 0 Å². The molecule has 6 nitrogen and oxygen atoms in total. The number of nitrogens with zero attached hydrogens (tertiary/aromatic N) is 2. The number of piperazine rings is 1. The molecule has 1 fully saturated rings. The Morgan fingerprint density at radius 3 is 1.92 bits per heavy atom. The number of aryl methyl sites for hydroxylation is 1. The molecule has 0 radical (unpaired) electrons. The number of thiocarbonyl (C=S) groups is 1. The van der Waals surface area contributed by atoms with Gasteiger partial charge in [0.2, 0.25) is 5.91 Å². The maximum Gasteiger partial charge on any atom is 0.305 e. The van der Waals surface area contributed by atoms with Crippen molar-refractivity contribution in [3.8, 4) is 0 Å². The number of hydrogen-bond acceptors (Lipinski definition) is 5. The van der Waals surface area contributed by atoms with Crippen molar-refractivity contribution < 1.29 is 14.3 Å². The molecular formula is C32H37N3O3S. The predicted octanol–water partition coefficient (Wildman–Crippen LogP) is 5.14. The summed E-state index contributed by atoms with van der Waals surface area (Å²) in [5, 5.41) is 3.31. The highest BCUT2D eigenvalue weighted by Crippen LogP contribution is 2.29. The number of carbonyl (C=O) groups is 2. The fraction of sp³-hybridized carbons (Fsp3) is 0.344. The van der Waals surface area contributed by atoms with Gasteiger partial charge in [-0.15, -0.1) is 0 Å². The highest BCUT2D eigenvalue weighted by Gasteiger charge is 2.27. The van der Waals surface area contributed by atoms with Gasteiger partial charge in [-0.25, -0.2) is 0 Å². The Kier molecular flexibility index (Phi) is 11.1. The van der Waals surface area contributed by atoms with E-state index in [1.807, 2.05) is 30.3 Å². The SMILES string of the molecule is O=C(CCCC(=O)OCCCc1ccccc1)NC(=S)N1CCN(C(c2ccccc2)c2ccccc2)CC1. The first-order valence-electron chi connectivity index (χ1n) is 13.7. The zero-order valence-electron chi connectivity index (χ0n) is 22.3. The number of amides is 1. The third-order valence-electron chi connectivity index (χ3n) is 6.94. The van der Waals surface area contributed by atoms with Crippen molar-refractivity contribution in [2.45, 2.75) is 38.1 Å². The minimum Gasteiger partial charge on any atom is -0.466 e. The Balaban J connectivity index is 1.15. The van der Waals surface area contributed by atoms with Gasteiger partial charge in [-0.05, 0) is 48.2 Å². The van der Waals surface area contributed by atoms with Crippen LogP contribution in [0.15, 0.2) is 91.0 Å². The second-order valence-corrected chi connectivity index (χ2v) is 10.2. The van der Waals surface area contributed by atoms with Gasteiger partial charge in [-0.2, -0.15) is 0 Å². The molecule has 1 saturated heterocycles. The van der Waals surface area contributed by atoms with Crippen molar-refractivity contribution in [2.24, 2.45) is 0 Å². The highest BCUT2D eigenvalue weighted by atomic mass is 32.1. The molecule has 1 N–H and O–H groups in total. The topological polar surface area (TPSA) is 61.9 Å². The first kappa shape index (κ1) is 28.5. The van der Waals surface area contributed by atoms with E-state index in [2.05, 4.69) is 75.8 Å². The van der Waals surface area contributed by atoms with Gasteiger partial charge in [-0.3, -0.25) is 14.5 Å². The molecule has 39 heavy (non-hydrogen) atoms. The molecule has 0 atom stereocenters. The smallest absolute Gasteiger partial charge is 0.305 e. The molecule has 0 bridgehead atoms. The van der Waals surface area contributed by atoms with E-state index in [1.54, 1.807) is 0 Å². The third kappa shape index (κ3) is 9.01. The lowest BCUT2D eigenvalue weighted by molar-refractivity contribution is -0.143. The number of benzene rings is 3. The summed E-state index contributed by atoms with van der Waals surface area (Å²) < 4.78 is 5.31. The number of rotatable bonds is 11. The first-order chi connectivity index (χ1) is 19.1. The maximum atomic E-state index is 12.4. The van der Waals surface area contributed by atoms with Crippen molar-refractivity contribution in [3.05, 3.63) is 108 Å². The van der Waals surface area contributed by atoms with E-state index in [-0.39, 0.29) is 30.8 Å². The van der Waals surface area contributed by atoms with Gasteiger partial charge >= 0.3 is 5.97 Å².